The van der Waals surface area contributed by atoms with Crippen molar-refractivity contribution in [3.8, 4) is 5.75 Å². The summed E-state index contributed by atoms with van der Waals surface area (Å²) in [6, 6.07) is 8.35. The molecule has 0 bridgehead atoms. The van der Waals surface area contributed by atoms with Gasteiger partial charge in [0.25, 0.3) is 0 Å². The fourth-order valence-electron chi connectivity index (χ4n) is 1.73. The normalized spacial score (nSPS) is 12.4. The molecule has 0 saturated heterocycles. The first kappa shape index (κ1) is 13.4. The number of nitrogens with one attached hydrogen (secondary N) is 1. The third-order valence-electron chi connectivity index (χ3n) is 2.87. The Morgan fingerprint density at radius 1 is 1.39 bits per heavy atom. The Bertz CT molecular complexity index is 499. The maximum absolute atomic E-state index is 6.09. The van der Waals surface area contributed by atoms with E-state index in [9.17, 15) is 0 Å². The fraction of sp³-hybridized carbons (Fsp3) is 0.286. The molecule has 1 unspecified atom stereocenters. The molecule has 0 aliphatic heterocycles. The monoisotopic (exact) mass is 281 g/mol. The molecule has 0 spiro atoms. The van der Waals surface area contributed by atoms with Crippen molar-refractivity contribution in [2.45, 2.75) is 19.5 Å². The van der Waals surface area contributed by atoms with Crippen LogP contribution in [-0.4, -0.2) is 7.11 Å². The van der Waals surface area contributed by atoms with Gasteiger partial charge in [0.05, 0.1) is 12.1 Å². The molecule has 1 heterocycles. The van der Waals surface area contributed by atoms with Crippen LogP contribution in [0.25, 0.3) is 0 Å². The third kappa shape index (κ3) is 3.25. The summed E-state index contributed by atoms with van der Waals surface area (Å²) in [5, 5.41) is 8.39. The van der Waals surface area contributed by atoms with Crippen LogP contribution in [0.2, 0.25) is 5.02 Å². The molecule has 1 N–H and O–H groups in total. The highest BCUT2D eigenvalue weighted by molar-refractivity contribution is 7.07. The van der Waals surface area contributed by atoms with Gasteiger partial charge in [-0.15, -0.1) is 0 Å². The molecule has 1 aromatic heterocycles. The first-order valence-corrected chi connectivity index (χ1v) is 7.10. The topological polar surface area (TPSA) is 21.3 Å². The van der Waals surface area contributed by atoms with Crippen LogP contribution in [-0.2, 0) is 6.54 Å². The van der Waals surface area contributed by atoms with Crippen molar-refractivity contribution in [3.05, 3.63) is 51.2 Å². The summed E-state index contributed by atoms with van der Waals surface area (Å²) >= 11 is 7.81. The molecule has 0 aliphatic carbocycles. The lowest BCUT2D eigenvalue weighted by Gasteiger charge is -2.13. The van der Waals surface area contributed by atoms with Crippen LogP contribution in [0.3, 0.4) is 0 Å². The van der Waals surface area contributed by atoms with Crippen molar-refractivity contribution in [3.63, 3.8) is 0 Å². The third-order valence-corrected chi connectivity index (χ3v) is 3.87. The Morgan fingerprint density at radius 3 is 2.83 bits per heavy atom. The minimum absolute atomic E-state index is 0.345. The molecule has 1 atom stereocenters. The average Bonchev–Trinajstić information content (AvgIpc) is 2.90. The van der Waals surface area contributed by atoms with Gasteiger partial charge in [-0.2, -0.15) is 11.3 Å². The van der Waals surface area contributed by atoms with Crippen LogP contribution >= 0.6 is 22.9 Å². The van der Waals surface area contributed by atoms with Gasteiger partial charge in [0.15, 0.2) is 0 Å². The number of benzene rings is 1. The first-order chi connectivity index (χ1) is 8.70. The summed E-state index contributed by atoms with van der Waals surface area (Å²) in [6.07, 6.45) is 0. The van der Waals surface area contributed by atoms with Crippen LogP contribution < -0.4 is 10.1 Å². The smallest absolute Gasteiger partial charge is 0.137 e. The fourth-order valence-corrected chi connectivity index (χ4v) is 2.76. The average molecular weight is 282 g/mol. The minimum Gasteiger partial charge on any atom is -0.495 e. The van der Waals surface area contributed by atoms with Crippen molar-refractivity contribution < 1.29 is 4.74 Å². The molecule has 1 aromatic carbocycles. The SMILES string of the molecule is COc1ccc(CNC(C)c2ccsc2)cc1Cl. The van der Waals surface area contributed by atoms with E-state index in [0.29, 0.717) is 16.8 Å². The maximum Gasteiger partial charge on any atom is 0.137 e. The Kier molecular flexibility index (Phi) is 4.64. The van der Waals surface area contributed by atoms with Gasteiger partial charge in [-0.25, -0.2) is 0 Å². The second-order valence-electron chi connectivity index (χ2n) is 4.13. The molecule has 0 saturated carbocycles. The molecule has 0 aliphatic rings. The molecule has 0 radical (unpaired) electrons. The summed E-state index contributed by atoms with van der Waals surface area (Å²) in [5.74, 6) is 0.714. The molecule has 18 heavy (non-hydrogen) atoms. The van der Waals surface area contributed by atoms with Crippen molar-refractivity contribution in [2.75, 3.05) is 7.11 Å². The largest absolute Gasteiger partial charge is 0.495 e. The van der Waals surface area contributed by atoms with Crippen LogP contribution in [0, 0.1) is 0 Å². The van der Waals surface area contributed by atoms with Gasteiger partial charge in [-0.1, -0.05) is 17.7 Å². The van der Waals surface area contributed by atoms with Crippen molar-refractivity contribution in [1.82, 2.24) is 5.32 Å². The molecular weight excluding hydrogens is 266 g/mol. The summed E-state index contributed by atoms with van der Waals surface area (Å²) in [5.41, 5.74) is 2.47. The van der Waals surface area contributed by atoms with E-state index in [4.69, 9.17) is 16.3 Å². The number of ether oxygens (including phenoxy) is 1. The van der Waals surface area contributed by atoms with Crippen molar-refractivity contribution in [2.24, 2.45) is 0 Å². The molecule has 4 heteroatoms. The number of hydrogen-bond acceptors (Lipinski definition) is 3. The van der Waals surface area contributed by atoms with Gasteiger partial charge in [-0.05, 0) is 47.0 Å². The second-order valence-corrected chi connectivity index (χ2v) is 5.32. The lowest BCUT2D eigenvalue weighted by Crippen LogP contribution is -2.17. The summed E-state index contributed by atoms with van der Waals surface area (Å²) in [6.45, 7) is 2.95. The van der Waals surface area contributed by atoms with Gasteiger partial charge in [0, 0.05) is 12.6 Å². The van der Waals surface area contributed by atoms with Crippen LogP contribution in [0.1, 0.15) is 24.1 Å². The predicted octanol–water partition coefficient (Wildman–Crippen LogP) is 4.26. The highest BCUT2D eigenvalue weighted by atomic mass is 35.5. The van der Waals surface area contributed by atoms with Gasteiger partial charge in [0.2, 0.25) is 0 Å². The van der Waals surface area contributed by atoms with Crippen molar-refractivity contribution >= 4 is 22.9 Å². The highest BCUT2D eigenvalue weighted by Gasteiger charge is 2.06. The van der Waals surface area contributed by atoms with E-state index < -0.39 is 0 Å². The van der Waals surface area contributed by atoms with E-state index in [0.717, 1.165) is 12.1 Å². The van der Waals surface area contributed by atoms with E-state index >= 15 is 0 Å². The minimum atomic E-state index is 0.345. The molecule has 0 amide bonds. The van der Waals surface area contributed by atoms with Crippen LogP contribution in [0.15, 0.2) is 35.0 Å². The number of methoxy groups -OCH3 is 1. The summed E-state index contributed by atoms with van der Waals surface area (Å²) in [7, 11) is 1.62. The zero-order valence-electron chi connectivity index (χ0n) is 10.4. The van der Waals surface area contributed by atoms with E-state index in [1.807, 2.05) is 18.2 Å². The molecule has 96 valence electrons. The Labute approximate surface area is 117 Å². The molecule has 0 fully saturated rings. The lowest BCUT2D eigenvalue weighted by molar-refractivity contribution is 0.414. The number of rotatable bonds is 5. The van der Waals surface area contributed by atoms with E-state index in [1.54, 1.807) is 18.4 Å². The van der Waals surface area contributed by atoms with E-state index in [1.165, 1.54) is 5.56 Å². The highest BCUT2D eigenvalue weighted by Crippen LogP contribution is 2.25. The second kappa shape index (κ2) is 6.23. The van der Waals surface area contributed by atoms with Gasteiger partial charge < -0.3 is 10.1 Å². The van der Waals surface area contributed by atoms with Crippen LogP contribution in [0.5, 0.6) is 5.75 Å². The molecule has 2 rings (SSSR count). The zero-order valence-corrected chi connectivity index (χ0v) is 12.0. The molecule has 2 aromatic rings. The van der Waals surface area contributed by atoms with Gasteiger partial charge in [-0.3, -0.25) is 0 Å². The van der Waals surface area contributed by atoms with Crippen LogP contribution in [0.4, 0.5) is 0 Å². The molecular formula is C14H16ClNOS. The zero-order chi connectivity index (χ0) is 13.0. The van der Waals surface area contributed by atoms with Crippen molar-refractivity contribution in [1.29, 1.82) is 0 Å². The summed E-state index contributed by atoms with van der Waals surface area (Å²) < 4.78 is 5.13. The maximum atomic E-state index is 6.09. The number of hydrogen-bond donors (Lipinski definition) is 1. The Morgan fingerprint density at radius 2 is 2.22 bits per heavy atom. The lowest BCUT2D eigenvalue weighted by atomic mass is 10.1. The predicted molar refractivity (Wildman–Crippen MR) is 77.6 cm³/mol. The molecule has 2 nitrogen and oxygen atoms in total. The van der Waals surface area contributed by atoms with E-state index in [-0.39, 0.29) is 0 Å². The van der Waals surface area contributed by atoms with Gasteiger partial charge >= 0.3 is 0 Å². The first-order valence-electron chi connectivity index (χ1n) is 5.78. The van der Waals surface area contributed by atoms with E-state index in [2.05, 4.69) is 29.1 Å². The standard InChI is InChI=1S/C14H16ClNOS/c1-10(12-5-6-18-9-12)16-8-11-3-4-14(17-2)13(15)7-11/h3-7,9-10,16H,8H2,1-2H3. The summed E-state index contributed by atoms with van der Waals surface area (Å²) in [4.78, 5) is 0. The Balaban J connectivity index is 1.96. The van der Waals surface area contributed by atoms with Gasteiger partial charge in [0.1, 0.15) is 5.75 Å². The Hall–Kier alpha value is -1.03. The number of thiophene rings is 1. The number of halogens is 1. The quantitative estimate of drug-likeness (QED) is 0.884.